The summed E-state index contributed by atoms with van der Waals surface area (Å²) >= 11 is 0. The second-order valence-corrected chi connectivity index (χ2v) is 7.03. The van der Waals surface area contributed by atoms with Crippen LogP contribution in [0, 0.1) is 29.1 Å². The lowest BCUT2D eigenvalue weighted by molar-refractivity contribution is -0.0401. The lowest BCUT2D eigenvalue weighted by atomic mass is 9.75. The van der Waals surface area contributed by atoms with Crippen LogP contribution in [-0.2, 0) is 4.74 Å². The summed E-state index contributed by atoms with van der Waals surface area (Å²) in [7, 11) is 1.85. The van der Waals surface area contributed by atoms with Gasteiger partial charge < -0.3 is 10.1 Å². The molecule has 0 bridgehead atoms. The minimum absolute atomic E-state index is 0.416. The Morgan fingerprint density at radius 1 is 1.40 bits per heavy atom. The van der Waals surface area contributed by atoms with Gasteiger partial charge in [0.05, 0.1) is 12.2 Å². The van der Waals surface area contributed by atoms with E-state index >= 15 is 0 Å². The maximum absolute atomic E-state index is 9.13. The third-order valence-electron chi connectivity index (χ3n) is 4.91. The Bertz CT molecular complexity index is 323. The van der Waals surface area contributed by atoms with Crippen molar-refractivity contribution in [3.63, 3.8) is 0 Å². The predicted octanol–water partition coefficient (Wildman–Crippen LogP) is 3.75. The summed E-state index contributed by atoms with van der Waals surface area (Å²) in [5.74, 6) is 2.20. The van der Waals surface area contributed by atoms with Crippen LogP contribution in [0.25, 0.3) is 0 Å². The summed E-state index contributed by atoms with van der Waals surface area (Å²) in [6.07, 6.45) is 6.05. The largest absolute Gasteiger partial charge is 0.378 e. The van der Waals surface area contributed by atoms with Gasteiger partial charge in [0.2, 0.25) is 0 Å². The standard InChI is InChI=1S/C17H32N2O/c1-13(2)15-8-7-14(3)11-16(15)20-10-6-9-17(4,12-18)19-5/h13-16,19H,6-11H2,1-5H3. The molecule has 1 rings (SSSR count). The van der Waals surface area contributed by atoms with Crippen LogP contribution in [-0.4, -0.2) is 25.3 Å². The van der Waals surface area contributed by atoms with Crippen molar-refractivity contribution in [2.75, 3.05) is 13.7 Å². The molecular formula is C17H32N2O. The fraction of sp³-hybridized carbons (Fsp3) is 0.941. The quantitative estimate of drug-likeness (QED) is 0.722. The normalized spacial score (nSPS) is 29.9. The summed E-state index contributed by atoms with van der Waals surface area (Å²) < 4.78 is 6.17. The zero-order chi connectivity index (χ0) is 15.2. The third kappa shape index (κ3) is 5.07. The molecule has 4 atom stereocenters. The minimum Gasteiger partial charge on any atom is -0.378 e. The Morgan fingerprint density at radius 2 is 2.10 bits per heavy atom. The SMILES string of the molecule is CNC(C)(C#N)CCCOC1CC(C)CCC1C(C)C. The Kier molecular flexibility index (Phi) is 6.99. The van der Waals surface area contributed by atoms with Crippen LogP contribution in [0.3, 0.4) is 0 Å². The van der Waals surface area contributed by atoms with E-state index in [-0.39, 0.29) is 0 Å². The van der Waals surface area contributed by atoms with Gasteiger partial charge in [0, 0.05) is 6.61 Å². The zero-order valence-electron chi connectivity index (χ0n) is 13.9. The monoisotopic (exact) mass is 280 g/mol. The lowest BCUT2D eigenvalue weighted by Crippen LogP contribution is -2.38. The van der Waals surface area contributed by atoms with Crippen molar-refractivity contribution in [3.8, 4) is 6.07 Å². The molecule has 0 aliphatic heterocycles. The molecule has 0 aromatic heterocycles. The van der Waals surface area contributed by atoms with Crippen molar-refractivity contribution in [2.24, 2.45) is 17.8 Å². The average molecular weight is 280 g/mol. The van der Waals surface area contributed by atoms with Crippen LogP contribution in [0.15, 0.2) is 0 Å². The van der Waals surface area contributed by atoms with Crippen LogP contribution in [0.1, 0.15) is 59.8 Å². The van der Waals surface area contributed by atoms with E-state index in [9.17, 15) is 0 Å². The first-order valence-corrected chi connectivity index (χ1v) is 8.13. The van der Waals surface area contributed by atoms with E-state index < -0.39 is 5.54 Å². The highest BCUT2D eigenvalue weighted by atomic mass is 16.5. The second kappa shape index (κ2) is 8.00. The molecule has 3 nitrogen and oxygen atoms in total. The Balaban J connectivity index is 2.37. The summed E-state index contributed by atoms with van der Waals surface area (Å²) in [5.41, 5.74) is -0.416. The van der Waals surface area contributed by atoms with E-state index in [0.29, 0.717) is 17.9 Å². The van der Waals surface area contributed by atoms with Gasteiger partial charge in [-0.2, -0.15) is 5.26 Å². The smallest absolute Gasteiger partial charge is 0.103 e. The van der Waals surface area contributed by atoms with E-state index in [4.69, 9.17) is 10.00 Å². The Labute approximate surface area is 125 Å². The number of nitriles is 1. The molecule has 3 heteroatoms. The molecule has 1 aliphatic carbocycles. The molecule has 0 amide bonds. The van der Waals surface area contributed by atoms with Crippen LogP contribution in [0.5, 0.6) is 0 Å². The van der Waals surface area contributed by atoms with Crippen molar-refractivity contribution in [3.05, 3.63) is 0 Å². The first-order valence-electron chi connectivity index (χ1n) is 8.13. The average Bonchev–Trinajstić information content (AvgIpc) is 2.43. The molecule has 116 valence electrons. The fourth-order valence-corrected chi connectivity index (χ4v) is 3.20. The van der Waals surface area contributed by atoms with E-state index in [0.717, 1.165) is 25.4 Å². The number of rotatable bonds is 7. The molecule has 20 heavy (non-hydrogen) atoms. The molecule has 0 heterocycles. The van der Waals surface area contributed by atoms with Gasteiger partial charge in [-0.05, 0) is 57.4 Å². The molecule has 1 saturated carbocycles. The number of nitrogens with one attached hydrogen (secondary N) is 1. The van der Waals surface area contributed by atoms with E-state index in [1.54, 1.807) is 0 Å². The Hall–Kier alpha value is -0.590. The molecule has 0 aromatic rings. The van der Waals surface area contributed by atoms with Crippen LogP contribution >= 0.6 is 0 Å². The van der Waals surface area contributed by atoms with Crippen LogP contribution in [0.4, 0.5) is 0 Å². The molecular weight excluding hydrogens is 248 g/mol. The van der Waals surface area contributed by atoms with Gasteiger partial charge >= 0.3 is 0 Å². The topological polar surface area (TPSA) is 45.0 Å². The highest BCUT2D eigenvalue weighted by molar-refractivity contribution is 5.02. The summed E-state index contributed by atoms with van der Waals surface area (Å²) in [6.45, 7) is 9.68. The summed E-state index contributed by atoms with van der Waals surface area (Å²) in [6, 6.07) is 2.33. The third-order valence-corrected chi connectivity index (χ3v) is 4.91. The van der Waals surface area contributed by atoms with Crippen molar-refractivity contribution in [2.45, 2.75) is 71.4 Å². The van der Waals surface area contributed by atoms with Crippen molar-refractivity contribution in [1.29, 1.82) is 5.26 Å². The molecule has 0 aromatic carbocycles. The highest BCUT2D eigenvalue weighted by Gasteiger charge is 2.31. The van der Waals surface area contributed by atoms with Crippen LogP contribution < -0.4 is 5.32 Å². The van der Waals surface area contributed by atoms with Gasteiger partial charge in [0.15, 0.2) is 0 Å². The highest BCUT2D eigenvalue weighted by Crippen LogP contribution is 2.35. The predicted molar refractivity (Wildman–Crippen MR) is 83.4 cm³/mol. The fourth-order valence-electron chi connectivity index (χ4n) is 3.20. The molecule has 1 fully saturated rings. The maximum atomic E-state index is 9.13. The first-order chi connectivity index (χ1) is 9.41. The van der Waals surface area contributed by atoms with Gasteiger partial charge in [-0.15, -0.1) is 0 Å². The number of hydrogen-bond donors (Lipinski definition) is 1. The van der Waals surface area contributed by atoms with E-state index in [1.807, 2.05) is 14.0 Å². The molecule has 0 saturated heterocycles. The maximum Gasteiger partial charge on any atom is 0.103 e. The molecule has 1 aliphatic rings. The number of nitrogens with zero attached hydrogens (tertiary/aromatic N) is 1. The van der Waals surface area contributed by atoms with Crippen molar-refractivity contribution >= 4 is 0 Å². The Morgan fingerprint density at radius 3 is 2.65 bits per heavy atom. The van der Waals surface area contributed by atoms with Crippen molar-refractivity contribution < 1.29 is 4.74 Å². The molecule has 1 N–H and O–H groups in total. The van der Waals surface area contributed by atoms with Crippen molar-refractivity contribution in [1.82, 2.24) is 5.32 Å². The molecule has 0 spiro atoms. The molecule has 0 radical (unpaired) electrons. The van der Waals surface area contributed by atoms with E-state index in [1.165, 1.54) is 19.3 Å². The van der Waals surface area contributed by atoms with Gasteiger partial charge in [0.1, 0.15) is 5.54 Å². The summed E-state index contributed by atoms with van der Waals surface area (Å²) in [5, 5.41) is 12.2. The number of ether oxygens (including phenoxy) is 1. The van der Waals surface area contributed by atoms with Gasteiger partial charge in [-0.1, -0.05) is 27.2 Å². The first kappa shape index (κ1) is 17.5. The lowest BCUT2D eigenvalue weighted by Gasteiger charge is -2.37. The minimum atomic E-state index is -0.416. The summed E-state index contributed by atoms with van der Waals surface area (Å²) in [4.78, 5) is 0. The van der Waals surface area contributed by atoms with Gasteiger partial charge in [-0.25, -0.2) is 0 Å². The number of hydrogen-bond acceptors (Lipinski definition) is 3. The zero-order valence-corrected chi connectivity index (χ0v) is 13.9. The van der Waals surface area contributed by atoms with Gasteiger partial charge in [0.25, 0.3) is 0 Å². The van der Waals surface area contributed by atoms with Gasteiger partial charge in [-0.3, -0.25) is 0 Å². The molecule has 4 unspecified atom stereocenters. The van der Waals surface area contributed by atoms with Crippen LogP contribution in [0.2, 0.25) is 0 Å². The second-order valence-electron chi connectivity index (χ2n) is 7.03. The van der Waals surface area contributed by atoms with E-state index in [2.05, 4.69) is 32.2 Å².